The van der Waals surface area contributed by atoms with Crippen LogP contribution >= 0.6 is 0 Å². The summed E-state index contributed by atoms with van der Waals surface area (Å²) in [5.41, 5.74) is -0.231. The zero-order chi connectivity index (χ0) is 31.6. The van der Waals surface area contributed by atoms with Crippen molar-refractivity contribution in [3.63, 3.8) is 0 Å². The van der Waals surface area contributed by atoms with Gasteiger partial charge < -0.3 is 69.3 Å². The van der Waals surface area contributed by atoms with Gasteiger partial charge >= 0.3 is 5.97 Å². The van der Waals surface area contributed by atoms with Crippen LogP contribution in [0.2, 0.25) is 0 Å². The minimum Gasteiger partial charge on any atom is -0.504 e. The third-order valence-electron chi connectivity index (χ3n) is 6.90. The maximum atomic E-state index is 12.4. The Bertz CT molecular complexity index is 1290. The fraction of sp³-hybridized carbons (Fsp3) is 0.481. The van der Waals surface area contributed by atoms with Crippen LogP contribution in [-0.4, -0.2) is 128 Å². The lowest BCUT2D eigenvalue weighted by Gasteiger charge is -2.41. The molecule has 16 nitrogen and oxygen atoms in total. The number of hydrogen-bond acceptors (Lipinski definition) is 16. The van der Waals surface area contributed by atoms with Crippen molar-refractivity contribution in [1.29, 1.82) is 0 Å². The molecule has 43 heavy (non-hydrogen) atoms. The molecule has 4 rings (SSSR count). The molecular weight excluding hydrogens is 580 g/mol. The summed E-state index contributed by atoms with van der Waals surface area (Å²) in [6, 6.07) is 5.98. The number of aliphatic hydroxyl groups is 5. The number of esters is 1. The molecule has 16 heteroatoms. The van der Waals surface area contributed by atoms with E-state index in [1.807, 2.05) is 0 Å². The molecule has 0 bridgehead atoms. The van der Waals surface area contributed by atoms with E-state index in [0.717, 1.165) is 12.1 Å². The highest BCUT2D eigenvalue weighted by molar-refractivity contribution is 5.97. The molecule has 0 saturated carbocycles. The Labute approximate surface area is 243 Å². The van der Waals surface area contributed by atoms with Crippen LogP contribution < -0.4 is 9.47 Å². The van der Waals surface area contributed by atoms with E-state index >= 15 is 0 Å². The van der Waals surface area contributed by atoms with E-state index in [1.165, 1.54) is 32.2 Å². The van der Waals surface area contributed by atoms with E-state index in [0.29, 0.717) is 5.75 Å². The van der Waals surface area contributed by atoms with Gasteiger partial charge in [0, 0.05) is 6.07 Å². The van der Waals surface area contributed by atoms with Gasteiger partial charge in [0.05, 0.1) is 31.5 Å². The molecule has 2 aromatic carbocycles. The lowest BCUT2D eigenvalue weighted by atomic mass is 9.99. The predicted octanol–water partition coefficient (Wildman–Crippen LogP) is -1.48. The van der Waals surface area contributed by atoms with Crippen molar-refractivity contribution in [2.75, 3.05) is 20.3 Å². The van der Waals surface area contributed by atoms with Gasteiger partial charge in [-0.3, -0.25) is 4.79 Å². The second-order valence-electron chi connectivity index (χ2n) is 9.87. The molecule has 0 aliphatic carbocycles. The average Bonchev–Trinajstić information content (AvgIpc) is 2.98. The van der Waals surface area contributed by atoms with Crippen molar-refractivity contribution >= 4 is 11.8 Å². The maximum Gasteiger partial charge on any atom is 0.338 e. The zero-order valence-corrected chi connectivity index (χ0v) is 22.8. The van der Waals surface area contributed by atoms with Crippen LogP contribution in [0.5, 0.6) is 28.7 Å². The number of rotatable bonds is 9. The van der Waals surface area contributed by atoms with Crippen LogP contribution in [0.25, 0.3) is 0 Å². The Hall–Kier alpha value is -3.74. The minimum atomic E-state index is -1.79. The van der Waals surface area contributed by atoms with E-state index in [1.54, 1.807) is 0 Å². The summed E-state index contributed by atoms with van der Waals surface area (Å²) in [7, 11) is 1.39. The number of phenols is 3. The lowest BCUT2D eigenvalue weighted by molar-refractivity contribution is -0.307. The first-order chi connectivity index (χ1) is 20.3. The van der Waals surface area contributed by atoms with Gasteiger partial charge in [-0.1, -0.05) is 0 Å². The Morgan fingerprint density at radius 2 is 1.53 bits per heavy atom. The van der Waals surface area contributed by atoms with Crippen LogP contribution in [0.3, 0.4) is 0 Å². The number of aromatic hydroxyl groups is 3. The quantitative estimate of drug-likeness (QED) is 0.0913. The smallest absolute Gasteiger partial charge is 0.338 e. The molecule has 9 atom stereocenters. The van der Waals surface area contributed by atoms with Gasteiger partial charge in [-0.2, -0.15) is 0 Å². The number of aliphatic hydroxyl groups excluding tert-OH is 5. The molecule has 0 radical (unpaired) electrons. The van der Waals surface area contributed by atoms with Gasteiger partial charge in [-0.15, -0.1) is 0 Å². The van der Waals surface area contributed by atoms with Crippen molar-refractivity contribution < 1.29 is 78.9 Å². The van der Waals surface area contributed by atoms with E-state index in [4.69, 9.17) is 28.4 Å². The van der Waals surface area contributed by atoms with Gasteiger partial charge in [0.2, 0.25) is 6.29 Å². The van der Waals surface area contributed by atoms with E-state index in [2.05, 4.69) is 0 Å². The topological polar surface area (TPSA) is 251 Å². The van der Waals surface area contributed by atoms with Gasteiger partial charge in [0.25, 0.3) is 0 Å². The molecule has 9 unspecified atom stereocenters. The number of methoxy groups -OCH3 is 1. The average molecular weight is 613 g/mol. The number of phenolic OH excluding ortho intramolecular Hbond substituents is 3. The predicted molar refractivity (Wildman–Crippen MR) is 139 cm³/mol. The molecule has 0 aromatic heterocycles. The fourth-order valence-electron chi connectivity index (χ4n) is 4.43. The summed E-state index contributed by atoms with van der Waals surface area (Å²) in [5.74, 6) is -3.61. The Morgan fingerprint density at radius 1 is 0.884 bits per heavy atom. The van der Waals surface area contributed by atoms with Crippen LogP contribution in [0.4, 0.5) is 0 Å². The monoisotopic (exact) mass is 612 g/mol. The molecule has 2 saturated heterocycles. The SMILES string of the molecule is COc1ccc(C(C)=O)c(OC2OC(COC3OCC(OC(=O)c4cc(O)c(O)c(O)c4)C(O)C3O)C(O)C(O)C2O)c1. The highest BCUT2D eigenvalue weighted by Crippen LogP contribution is 2.36. The van der Waals surface area contributed by atoms with Crippen LogP contribution in [0, 0.1) is 0 Å². The summed E-state index contributed by atoms with van der Waals surface area (Å²) in [6.07, 6.45) is -14.6. The Morgan fingerprint density at radius 3 is 2.16 bits per heavy atom. The van der Waals surface area contributed by atoms with Gasteiger partial charge in [-0.25, -0.2) is 4.79 Å². The summed E-state index contributed by atoms with van der Waals surface area (Å²) < 4.78 is 32.3. The molecule has 2 aliphatic heterocycles. The number of carbonyl (C=O) groups excluding carboxylic acids is 2. The third-order valence-corrected chi connectivity index (χ3v) is 6.90. The van der Waals surface area contributed by atoms with Crippen molar-refractivity contribution in [1.82, 2.24) is 0 Å². The Kier molecular flexibility index (Phi) is 9.93. The number of ether oxygens (including phenoxy) is 6. The fourth-order valence-corrected chi connectivity index (χ4v) is 4.43. The van der Waals surface area contributed by atoms with E-state index in [9.17, 15) is 50.4 Å². The van der Waals surface area contributed by atoms with E-state index in [-0.39, 0.29) is 22.7 Å². The van der Waals surface area contributed by atoms with Crippen LogP contribution in [0.1, 0.15) is 27.6 Å². The normalized spacial score (nSPS) is 30.8. The van der Waals surface area contributed by atoms with Crippen molar-refractivity contribution in [2.45, 2.75) is 62.2 Å². The lowest BCUT2D eigenvalue weighted by Crippen LogP contribution is -2.61. The van der Waals surface area contributed by atoms with Crippen molar-refractivity contribution in [2.24, 2.45) is 0 Å². The summed E-state index contributed by atoms with van der Waals surface area (Å²) in [4.78, 5) is 24.5. The van der Waals surface area contributed by atoms with E-state index < -0.39 is 91.7 Å². The molecule has 8 N–H and O–H groups in total. The number of Topliss-reactive ketones (excluding diaryl/α,β-unsaturated/α-hetero) is 1. The molecule has 2 aromatic rings. The number of carbonyl (C=O) groups is 2. The first-order valence-corrected chi connectivity index (χ1v) is 12.9. The van der Waals surface area contributed by atoms with Crippen LogP contribution in [-0.2, 0) is 18.9 Å². The molecule has 0 spiro atoms. The number of hydrogen-bond donors (Lipinski definition) is 8. The molecule has 0 amide bonds. The second kappa shape index (κ2) is 13.3. The standard InChI is InChI=1S/C27H32O16/c1-10(28)13-4-3-12(38-2)7-16(13)42-27-24(36)22(34)20(32)18(43-27)9-40-26-23(35)21(33)17(8-39-26)41-25(37)11-5-14(29)19(31)15(30)6-11/h3-7,17-18,20-24,26-27,29-36H,8-9H2,1-2H3. The number of ketones is 1. The maximum absolute atomic E-state index is 12.4. The van der Waals surface area contributed by atoms with Crippen molar-refractivity contribution in [3.8, 4) is 28.7 Å². The Balaban J connectivity index is 1.38. The summed E-state index contributed by atoms with van der Waals surface area (Å²) in [5, 5.41) is 81.0. The molecule has 2 heterocycles. The van der Waals surface area contributed by atoms with Crippen molar-refractivity contribution in [3.05, 3.63) is 41.5 Å². The largest absolute Gasteiger partial charge is 0.504 e. The molecular formula is C27H32O16. The van der Waals surface area contributed by atoms with Gasteiger partial charge in [0.15, 0.2) is 35.4 Å². The zero-order valence-electron chi connectivity index (χ0n) is 22.8. The highest BCUT2D eigenvalue weighted by Gasteiger charge is 2.47. The van der Waals surface area contributed by atoms with Gasteiger partial charge in [-0.05, 0) is 31.2 Å². The highest BCUT2D eigenvalue weighted by atomic mass is 16.7. The molecule has 236 valence electrons. The second-order valence-corrected chi connectivity index (χ2v) is 9.87. The summed E-state index contributed by atoms with van der Waals surface area (Å²) in [6.45, 7) is 0.267. The summed E-state index contributed by atoms with van der Waals surface area (Å²) >= 11 is 0. The van der Waals surface area contributed by atoms with Gasteiger partial charge in [0.1, 0.15) is 48.1 Å². The third kappa shape index (κ3) is 6.92. The minimum absolute atomic E-state index is 0.0216. The molecule has 2 fully saturated rings. The van der Waals surface area contributed by atoms with Crippen LogP contribution in [0.15, 0.2) is 30.3 Å². The molecule has 2 aliphatic rings. The first kappa shape index (κ1) is 32.2. The first-order valence-electron chi connectivity index (χ1n) is 12.9. The number of benzene rings is 2.